The number of nitrogens with one attached hydrogen (secondary N) is 1. The van der Waals surface area contributed by atoms with Crippen LogP contribution >= 0.6 is 11.6 Å². The molecule has 5 heteroatoms. The average molecular weight is 243 g/mol. The Balaban J connectivity index is 2.57. The normalized spacial score (nSPS) is 23.6. The molecule has 0 bridgehead atoms. The monoisotopic (exact) mass is 242 g/mol. The average Bonchev–Trinajstić information content (AvgIpc) is 2.44. The van der Waals surface area contributed by atoms with E-state index in [0.717, 1.165) is 19.3 Å². The molecule has 1 saturated carbocycles. The van der Waals surface area contributed by atoms with Gasteiger partial charge in [0.05, 0.1) is 0 Å². The summed E-state index contributed by atoms with van der Waals surface area (Å²) < 4.78 is 1.30. The van der Waals surface area contributed by atoms with Crippen molar-refractivity contribution in [1.82, 2.24) is 9.55 Å². The molecule has 1 fully saturated rings. The Hall–Kier alpha value is -1.03. The predicted molar refractivity (Wildman–Crippen MR) is 63.0 cm³/mol. The second-order valence-corrected chi connectivity index (χ2v) is 5.43. The van der Waals surface area contributed by atoms with Crippen LogP contribution in [0.2, 0.25) is 5.15 Å². The van der Waals surface area contributed by atoms with E-state index in [2.05, 4.69) is 18.8 Å². The van der Waals surface area contributed by atoms with Gasteiger partial charge in [-0.3, -0.25) is 14.3 Å². The highest BCUT2D eigenvalue weighted by Crippen LogP contribution is 2.44. The summed E-state index contributed by atoms with van der Waals surface area (Å²) in [6.45, 7) is 4.18. The minimum atomic E-state index is -0.405. The van der Waals surface area contributed by atoms with Crippen LogP contribution in [0, 0.1) is 5.41 Å². The largest absolute Gasteiger partial charge is 0.329 e. The predicted octanol–water partition coefficient (Wildman–Crippen LogP) is 1.94. The Kier molecular flexibility index (Phi) is 2.70. The van der Waals surface area contributed by atoms with E-state index in [1.54, 1.807) is 0 Å². The first-order valence-corrected chi connectivity index (χ1v) is 5.81. The Bertz CT molecular complexity index is 484. The lowest BCUT2D eigenvalue weighted by Gasteiger charge is -2.27. The number of rotatable bonds is 1. The number of aromatic nitrogens is 2. The number of halogens is 1. The van der Waals surface area contributed by atoms with Crippen LogP contribution in [0.5, 0.6) is 0 Å². The van der Waals surface area contributed by atoms with E-state index in [0.29, 0.717) is 0 Å². The van der Waals surface area contributed by atoms with E-state index in [9.17, 15) is 9.59 Å². The topological polar surface area (TPSA) is 54.9 Å². The van der Waals surface area contributed by atoms with Crippen molar-refractivity contribution in [3.8, 4) is 0 Å². The summed E-state index contributed by atoms with van der Waals surface area (Å²) in [5.41, 5.74) is -0.726. The maximum absolute atomic E-state index is 11.8. The maximum Gasteiger partial charge on any atom is 0.329 e. The quantitative estimate of drug-likeness (QED) is 0.766. The van der Waals surface area contributed by atoms with Crippen molar-refractivity contribution in [2.75, 3.05) is 0 Å². The zero-order valence-corrected chi connectivity index (χ0v) is 10.2. The highest BCUT2D eigenvalue weighted by Gasteiger charge is 2.37. The summed E-state index contributed by atoms with van der Waals surface area (Å²) in [5.74, 6) is 0. The van der Waals surface area contributed by atoms with E-state index in [1.807, 2.05) is 0 Å². The molecule has 1 aromatic heterocycles. The molecule has 1 aliphatic rings. The number of H-pyrrole nitrogens is 1. The molecule has 2 rings (SSSR count). The van der Waals surface area contributed by atoms with Crippen LogP contribution in [0.1, 0.15) is 39.2 Å². The van der Waals surface area contributed by atoms with Crippen LogP contribution in [0.3, 0.4) is 0 Å². The molecule has 0 radical (unpaired) electrons. The van der Waals surface area contributed by atoms with Gasteiger partial charge in [-0.25, -0.2) is 4.79 Å². The fourth-order valence-corrected chi connectivity index (χ4v) is 2.73. The summed E-state index contributed by atoms with van der Waals surface area (Å²) in [6.07, 6.45) is 2.95. The Morgan fingerprint density at radius 2 is 2.19 bits per heavy atom. The van der Waals surface area contributed by atoms with Gasteiger partial charge < -0.3 is 0 Å². The lowest BCUT2D eigenvalue weighted by molar-refractivity contribution is 0.249. The van der Waals surface area contributed by atoms with Crippen molar-refractivity contribution >= 4 is 11.6 Å². The molecule has 0 aromatic carbocycles. The smallest absolute Gasteiger partial charge is 0.298 e. The molecule has 1 atom stereocenters. The molecule has 16 heavy (non-hydrogen) atoms. The standard InChI is InChI=1S/C11H15ClN2O2/c1-11(2)5-3-4-7(11)14-9(15)6-8(12)13-10(14)16/h6-7H,3-5H2,1-2H3,(H,13,16). The summed E-state index contributed by atoms with van der Waals surface area (Å²) in [5, 5.41) is 0.0991. The molecule has 1 N–H and O–H groups in total. The first kappa shape index (κ1) is 11.5. The van der Waals surface area contributed by atoms with E-state index in [4.69, 9.17) is 11.6 Å². The third kappa shape index (κ3) is 1.82. The summed E-state index contributed by atoms with van der Waals surface area (Å²) in [4.78, 5) is 26.0. The van der Waals surface area contributed by atoms with Gasteiger partial charge in [0.15, 0.2) is 0 Å². The fourth-order valence-electron chi connectivity index (χ4n) is 2.56. The fraction of sp³-hybridized carbons (Fsp3) is 0.636. The third-order valence-corrected chi connectivity index (χ3v) is 3.65. The molecule has 4 nitrogen and oxygen atoms in total. The van der Waals surface area contributed by atoms with E-state index in [-0.39, 0.29) is 22.2 Å². The van der Waals surface area contributed by atoms with Crippen LogP contribution in [-0.2, 0) is 0 Å². The summed E-state index contributed by atoms with van der Waals surface area (Å²) >= 11 is 5.63. The molecule has 1 unspecified atom stereocenters. The van der Waals surface area contributed by atoms with Crippen molar-refractivity contribution in [1.29, 1.82) is 0 Å². The lowest BCUT2D eigenvalue weighted by atomic mass is 9.87. The van der Waals surface area contributed by atoms with Gasteiger partial charge in [-0.15, -0.1) is 0 Å². The molecule has 1 aromatic rings. The summed E-state index contributed by atoms with van der Waals surface area (Å²) in [7, 11) is 0. The van der Waals surface area contributed by atoms with Gasteiger partial charge in [-0.1, -0.05) is 31.9 Å². The van der Waals surface area contributed by atoms with Gasteiger partial charge in [0.2, 0.25) is 0 Å². The van der Waals surface area contributed by atoms with Crippen molar-refractivity contribution in [2.45, 2.75) is 39.2 Å². The molecule has 0 spiro atoms. The molecule has 0 saturated heterocycles. The van der Waals surface area contributed by atoms with Gasteiger partial charge >= 0.3 is 5.69 Å². The Morgan fingerprint density at radius 3 is 2.69 bits per heavy atom. The van der Waals surface area contributed by atoms with Crippen LogP contribution in [0.25, 0.3) is 0 Å². The second kappa shape index (κ2) is 3.77. The van der Waals surface area contributed by atoms with Crippen LogP contribution in [-0.4, -0.2) is 9.55 Å². The molecular formula is C11H15ClN2O2. The van der Waals surface area contributed by atoms with Crippen LogP contribution < -0.4 is 11.2 Å². The van der Waals surface area contributed by atoms with Crippen molar-refractivity contribution in [2.24, 2.45) is 5.41 Å². The highest BCUT2D eigenvalue weighted by molar-refractivity contribution is 6.29. The van der Waals surface area contributed by atoms with Gasteiger partial charge in [-0.2, -0.15) is 0 Å². The van der Waals surface area contributed by atoms with Crippen LogP contribution in [0.4, 0.5) is 0 Å². The molecule has 1 heterocycles. The number of hydrogen-bond acceptors (Lipinski definition) is 2. The van der Waals surface area contributed by atoms with E-state index >= 15 is 0 Å². The maximum atomic E-state index is 11.8. The zero-order chi connectivity index (χ0) is 11.9. The third-order valence-electron chi connectivity index (χ3n) is 3.45. The van der Waals surface area contributed by atoms with Crippen LogP contribution in [0.15, 0.2) is 15.7 Å². The van der Waals surface area contributed by atoms with Gasteiger partial charge in [0, 0.05) is 12.1 Å². The van der Waals surface area contributed by atoms with Gasteiger partial charge in [0.25, 0.3) is 5.56 Å². The lowest BCUT2D eigenvalue weighted by Crippen LogP contribution is -2.41. The zero-order valence-electron chi connectivity index (χ0n) is 9.42. The first-order chi connectivity index (χ1) is 7.42. The van der Waals surface area contributed by atoms with Crippen molar-refractivity contribution in [3.63, 3.8) is 0 Å². The second-order valence-electron chi connectivity index (χ2n) is 5.03. The number of hydrogen-bond donors (Lipinski definition) is 1. The first-order valence-electron chi connectivity index (χ1n) is 5.43. The Morgan fingerprint density at radius 1 is 1.50 bits per heavy atom. The summed E-state index contributed by atoms with van der Waals surface area (Å²) in [6, 6.07) is 1.23. The van der Waals surface area contributed by atoms with Crippen molar-refractivity contribution < 1.29 is 0 Å². The molecule has 0 aliphatic heterocycles. The minimum Gasteiger partial charge on any atom is -0.298 e. The van der Waals surface area contributed by atoms with Gasteiger partial charge in [-0.05, 0) is 18.3 Å². The number of nitrogens with zero attached hydrogens (tertiary/aromatic N) is 1. The minimum absolute atomic E-state index is 0.00927. The molecule has 88 valence electrons. The molecular weight excluding hydrogens is 228 g/mol. The molecule has 1 aliphatic carbocycles. The van der Waals surface area contributed by atoms with E-state index in [1.165, 1.54) is 10.6 Å². The highest BCUT2D eigenvalue weighted by atomic mass is 35.5. The number of aromatic amines is 1. The van der Waals surface area contributed by atoms with E-state index < -0.39 is 5.69 Å². The van der Waals surface area contributed by atoms with Crippen molar-refractivity contribution in [3.05, 3.63) is 32.1 Å². The Labute approximate surface area is 98.3 Å². The molecule has 0 amide bonds. The SMILES string of the molecule is CC1(C)CCCC1n1c(=O)cc(Cl)[nH]c1=O. The van der Waals surface area contributed by atoms with Gasteiger partial charge in [0.1, 0.15) is 5.15 Å².